The number of ether oxygens (including phenoxy) is 2. The Morgan fingerprint density at radius 3 is 2.78 bits per heavy atom. The number of nitrogens with zero attached hydrogens (tertiary/aromatic N) is 1. The van der Waals surface area contributed by atoms with E-state index in [0.717, 1.165) is 24.5 Å². The Kier molecular flexibility index (Phi) is 3.39. The Bertz CT molecular complexity index is 432. The van der Waals surface area contributed by atoms with Gasteiger partial charge in [-0.3, -0.25) is 0 Å². The first kappa shape index (κ1) is 13.0. The minimum atomic E-state index is -0.160. The molecule has 1 aromatic carbocycles. The van der Waals surface area contributed by atoms with E-state index >= 15 is 0 Å². The zero-order valence-corrected chi connectivity index (χ0v) is 11.6. The Hall–Kier alpha value is -1.42. The smallest absolute Gasteiger partial charge is 0.143 e. The van der Waals surface area contributed by atoms with E-state index in [0.29, 0.717) is 5.69 Å². The molecule has 2 rings (SSSR count). The van der Waals surface area contributed by atoms with Crippen LogP contribution in [0.1, 0.15) is 20.8 Å². The highest BCUT2D eigenvalue weighted by atomic mass is 16.5. The minimum absolute atomic E-state index is 0.160. The first-order valence-corrected chi connectivity index (χ1v) is 6.28. The summed E-state index contributed by atoms with van der Waals surface area (Å²) in [7, 11) is 1.64. The van der Waals surface area contributed by atoms with Crippen LogP contribution in [0.3, 0.4) is 0 Å². The molecule has 4 heteroatoms. The molecular weight excluding hydrogens is 228 g/mol. The molecule has 0 spiro atoms. The average molecular weight is 250 g/mol. The van der Waals surface area contributed by atoms with Gasteiger partial charge in [0.25, 0.3) is 0 Å². The van der Waals surface area contributed by atoms with Crippen molar-refractivity contribution in [3.63, 3.8) is 0 Å². The average Bonchev–Trinajstić information content (AvgIpc) is 2.26. The van der Waals surface area contributed by atoms with Gasteiger partial charge in [-0.25, -0.2) is 0 Å². The first-order chi connectivity index (χ1) is 8.43. The molecule has 1 aliphatic heterocycles. The molecule has 4 nitrogen and oxygen atoms in total. The molecule has 1 aliphatic rings. The van der Waals surface area contributed by atoms with Crippen LogP contribution >= 0.6 is 0 Å². The van der Waals surface area contributed by atoms with Gasteiger partial charge >= 0.3 is 0 Å². The van der Waals surface area contributed by atoms with Crippen molar-refractivity contribution in [2.75, 3.05) is 30.8 Å². The third-order valence-corrected chi connectivity index (χ3v) is 3.17. The molecule has 0 amide bonds. The third kappa shape index (κ3) is 2.53. The highest BCUT2D eigenvalue weighted by molar-refractivity contribution is 5.74. The van der Waals surface area contributed by atoms with Crippen molar-refractivity contribution in [1.29, 1.82) is 0 Å². The van der Waals surface area contributed by atoms with Crippen molar-refractivity contribution in [3.8, 4) is 5.75 Å². The number of para-hydroxylation sites is 1. The number of nitrogens with two attached hydrogens (primary N) is 1. The molecule has 1 heterocycles. The summed E-state index contributed by atoms with van der Waals surface area (Å²) in [5.41, 5.74) is 7.72. The van der Waals surface area contributed by atoms with E-state index in [2.05, 4.69) is 25.7 Å². The van der Waals surface area contributed by atoms with Gasteiger partial charge in [-0.05, 0) is 32.9 Å². The minimum Gasteiger partial charge on any atom is -0.495 e. The number of hydrogen-bond acceptors (Lipinski definition) is 4. The van der Waals surface area contributed by atoms with Gasteiger partial charge in [-0.1, -0.05) is 6.07 Å². The molecule has 0 aromatic heterocycles. The lowest BCUT2D eigenvalue weighted by Crippen LogP contribution is -2.52. The number of nitrogen functional groups attached to an aromatic ring is 1. The summed E-state index contributed by atoms with van der Waals surface area (Å²) in [5, 5.41) is 0. The van der Waals surface area contributed by atoms with Crippen molar-refractivity contribution in [2.24, 2.45) is 0 Å². The molecule has 18 heavy (non-hydrogen) atoms. The lowest BCUT2D eigenvalue weighted by molar-refractivity contribution is -0.0749. The Labute approximate surface area is 109 Å². The number of morpholine rings is 1. The molecular formula is C14H22N2O2. The molecule has 0 aliphatic carbocycles. The molecule has 2 N–H and O–H groups in total. The lowest BCUT2D eigenvalue weighted by atomic mass is 10.0. The zero-order chi connectivity index (χ0) is 13.3. The van der Waals surface area contributed by atoms with Gasteiger partial charge < -0.3 is 20.1 Å². The predicted octanol–water partition coefficient (Wildman–Crippen LogP) is 2.28. The maximum absolute atomic E-state index is 6.15. The maximum atomic E-state index is 6.15. The second kappa shape index (κ2) is 4.69. The summed E-state index contributed by atoms with van der Waals surface area (Å²) in [6, 6.07) is 5.89. The van der Waals surface area contributed by atoms with Crippen molar-refractivity contribution in [1.82, 2.24) is 0 Å². The fraction of sp³-hybridized carbons (Fsp3) is 0.571. The van der Waals surface area contributed by atoms with Crippen LogP contribution < -0.4 is 15.4 Å². The molecule has 0 radical (unpaired) electrons. The SMILES string of the molecule is COc1cccc(N2CC(C)OC(C)(C)C2)c1N. The summed E-state index contributed by atoms with van der Waals surface area (Å²) in [6.45, 7) is 7.97. The molecule has 1 aromatic rings. The normalized spacial score (nSPS) is 22.9. The van der Waals surface area contributed by atoms with Crippen molar-refractivity contribution >= 4 is 11.4 Å². The maximum Gasteiger partial charge on any atom is 0.143 e. The highest BCUT2D eigenvalue weighted by Crippen LogP contribution is 2.35. The molecule has 1 saturated heterocycles. The van der Waals surface area contributed by atoms with Crippen LogP contribution in [0.25, 0.3) is 0 Å². The van der Waals surface area contributed by atoms with Crippen molar-refractivity contribution < 1.29 is 9.47 Å². The van der Waals surface area contributed by atoms with Gasteiger partial charge in [0.15, 0.2) is 0 Å². The highest BCUT2D eigenvalue weighted by Gasteiger charge is 2.32. The second-order valence-electron chi connectivity index (χ2n) is 5.46. The fourth-order valence-corrected chi connectivity index (χ4v) is 2.62. The van der Waals surface area contributed by atoms with Crippen LogP contribution in [0.4, 0.5) is 11.4 Å². The number of anilines is 2. The van der Waals surface area contributed by atoms with Gasteiger partial charge in [0.1, 0.15) is 5.75 Å². The van der Waals surface area contributed by atoms with E-state index < -0.39 is 0 Å². The summed E-state index contributed by atoms with van der Waals surface area (Å²) in [4.78, 5) is 2.27. The monoisotopic (exact) mass is 250 g/mol. The van der Waals surface area contributed by atoms with Gasteiger partial charge in [-0.15, -0.1) is 0 Å². The molecule has 1 fully saturated rings. The molecule has 0 bridgehead atoms. The van der Waals surface area contributed by atoms with Gasteiger partial charge in [0.2, 0.25) is 0 Å². The quantitative estimate of drug-likeness (QED) is 0.818. The predicted molar refractivity (Wildman–Crippen MR) is 74.2 cm³/mol. The summed E-state index contributed by atoms with van der Waals surface area (Å²) in [5.74, 6) is 0.726. The van der Waals surface area contributed by atoms with Crippen molar-refractivity contribution in [2.45, 2.75) is 32.5 Å². The van der Waals surface area contributed by atoms with Gasteiger partial charge in [-0.2, -0.15) is 0 Å². The van der Waals surface area contributed by atoms with Crippen molar-refractivity contribution in [3.05, 3.63) is 18.2 Å². The number of hydrogen-bond donors (Lipinski definition) is 1. The van der Waals surface area contributed by atoms with Crippen LogP contribution in [0.5, 0.6) is 5.75 Å². The Balaban J connectivity index is 2.31. The van der Waals surface area contributed by atoms with Crippen LogP contribution in [0.15, 0.2) is 18.2 Å². The molecule has 1 unspecified atom stereocenters. The van der Waals surface area contributed by atoms with Gasteiger partial charge in [0.05, 0.1) is 30.2 Å². The number of methoxy groups -OCH3 is 1. The van der Waals surface area contributed by atoms with E-state index in [9.17, 15) is 0 Å². The lowest BCUT2D eigenvalue weighted by Gasteiger charge is -2.43. The van der Waals surface area contributed by atoms with E-state index in [4.69, 9.17) is 15.2 Å². The number of rotatable bonds is 2. The zero-order valence-electron chi connectivity index (χ0n) is 11.6. The first-order valence-electron chi connectivity index (χ1n) is 6.28. The Morgan fingerprint density at radius 1 is 1.44 bits per heavy atom. The summed E-state index contributed by atoms with van der Waals surface area (Å²) < 4.78 is 11.2. The molecule has 1 atom stereocenters. The summed E-state index contributed by atoms with van der Waals surface area (Å²) in [6.07, 6.45) is 0.194. The molecule has 0 saturated carbocycles. The van der Waals surface area contributed by atoms with Crippen LogP contribution in [-0.4, -0.2) is 31.9 Å². The van der Waals surface area contributed by atoms with E-state index in [-0.39, 0.29) is 11.7 Å². The van der Waals surface area contributed by atoms with Crippen LogP contribution in [-0.2, 0) is 4.74 Å². The largest absolute Gasteiger partial charge is 0.495 e. The third-order valence-electron chi connectivity index (χ3n) is 3.17. The van der Waals surface area contributed by atoms with Crippen LogP contribution in [0.2, 0.25) is 0 Å². The van der Waals surface area contributed by atoms with E-state index in [1.807, 2.05) is 18.2 Å². The van der Waals surface area contributed by atoms with Crippen LogP contribution in [0, 0.1) is 0 Å². The fourth-order valence-electron chi connectivity index (χ4n) is 2.62. The standard InChI is InChI=1S/C14H22N2O2/c1-10-8-16(9-14(2,3)18-10)11-6-5-7-12(17-4)13(11)15/h5-7,10H,8-9,15H2,1-4H3. The second-order valence-corrected chi connectivity index (χ2v) is 5.46. The Morgan fingerprint density at radius 2 is 2.17 bits per heavy atom. The summed E-state index contributed by atoms with van der Waals surface area (Å²) >= 11 is 0. The van der Waals surface area contributed by atoms with E-state index in [1.54, 1.807) is 7.11 Å². The molecule has 100 valence electrons. The van der Waals surface area contributed by atoms with E-state index in [1.165, 1.54) is 0 Å². The topological polar surface area (TPSA) is 47.7 Å². The van der Waals surface area contributed by atoms with Gasteiger partial charge in [0, 0.05) is 13.1 Å². The number of benzene rings is 1.